The summed E-state index contributed by atoms with van der Waals surface area (Å²) in [4.78, 5) is 26.4. The fourth-order valence-electron chi connectivity index (χ4n) is 4.99. The molecule has 1 aromatic rings. The van der Waals surface area contributed by atoms with E-state index in [1.165, 1.54) is 0 Å². The highest BCUT2D eigenvalue weighted by molar-refractivity contribution is 5.92. The van der Waals surface area contributed by atoms with Crippen molar-refractivity contribution in [1.82, 2.24) is 10.2 Å². The van der Waals surface area contributed by atoms with E-state index in [0.29, 0.717) is 38.8 Å². The van der Waals surface area contributed by atoms with Crippen molar-refractivity contribution in [2.45, 2.75) is 56.7 Å². The van der Waals surface area contributed by atoms with E-state index in [1.54, 1.807) is 4.90 Å². The number of hydrogen-bond acceptors (Lipinski definition) is 3. The van der Waals surface area contributed by atoms with Crippen molar-refractivity contribution >= 4 is 17.5 Å². The lowest BCUT2D eigenvalue weighted by Gasteiger charge is -2.53. The summed E-state index contributed by atoms with van der Waals surface area (Å²) < 4.78 is 78.1. The quantitative estimate of drug-likeness (QED) is 0.597. The SMILES string of the molecule is O=C(CN1CC2(CCC(C(=O)Nc3cc(F)cc(C(F)F)c3)CC2)C1)NC1(C(F)(F)F)CC1. The van der Waals surface area contributed by atoms with Crippen molar-refractivity contribution in [3.8, 4) is 0 Å². The Labute approximate surface area is 186 Å². The number of rotatable bonds is 6. The van der Waals surface area contributed by atoms with Gasteiger partial charge < -0.3 is 10.6 Å². The normalized spacial score (nSPS) is 22.2. The molecule has 1 aromatic carbocycles. The molecule has 1 saturated heterocycles. The van der Waals surface area contributed by atoms with E-state index in [2.05, 4.69) is 10.6 Å². The van der Waals surface area contributed by atoms with Crippen LogP contribution in [0.4, 0.5) is 32.0 Å². The molecule has 2 aliphatic carbocycles. The fourth-order valence-corrected chi connectivity index (χ4v) is 4.99. The number of amides is 2. The molecule has 0 unspecified atom stereocenters. The van der Waals surface area contributed by atoms with Crippen LogP contribution in [0.5, 0.6) is 0 Å². The zero-order chi connectivity index (χ0) is 24.0. The maximum atomic E-state index is 13.5. The molecule has 4 rings (SSSR count). The Morgan fingerprint density at radius 1 is 1.06 bits per heavy atom. The second-order valence-corrected chi connectivity index (χ2v) is 9.61. The van der Waals surface area contributed by atoms with E-state index in [-0.39, 0.29) is 42.3 Å². The van der Waals surface area contributed by atoms with Crippen LogP contribution in [0.15, 0.2) is 18.2 Å². The summed E-state index contributed by atoms with van der Waals surface area (Å²) in [5.41, 5.74) is -2.64. The van der Waals surface area contributed by atoms with E-state index >= 15 is 0 Å². The molecule has 33 heavy (non-hydrogen) atoms. The standard InChI is InChI=1S/C22H25F6N3O2/c23-15-7-14(18(24)25)8-16(9-15)29-19(33)13-1-3-20(4-2-13)11-31(12-20)10-17(32)30-21(5-6-21)22(26,27)28/h7-9,13,18H,1-6,10-12H2,(H,29,33)(H,30,32). The van der Waals surface area contributed by atoms with Crippen LogP contribution in [0.1, 0.15) is 50.5 Å². The molecular weight excluding hydrogens is 452 g/mol. The highest BCUT2D eigenvalue weighted by atomic mass is 19.4. The van der Waals surface area contributed by atoms with Gasteiger partial charge in [0.1, 0.15) is 11.4 Å². The zero-order valence-electron chi connectivity index (χ0n) is 17.8. The Bertz CT molecular complexity index is 915. The van der Waals surface area contributed by atoms with Gasteiger partial charge in [-0.25, -0.2) is 13.2 Å². The van der Waals surface area contributed by atoms with Crippen molar-refractivity contribution in [2.75, 3.05) is 25.0 Å². The lowest BCUT2D eigenvalue weighted by atomic mass is 9.65. The van der Waals surface area contributed by atoms with Crippen LogP contribution in [0, 0.1) is 17.2 Å². The number of halogens is 6. The molecule has 182 valence electrons. The van der Waals surface area contributed by atoms with Crippen LogP contribution in [0.25, 0.3) is 0 Å². The molecule has 1 heterocycles. The summed E-state index contributed by atoms with van der Waals surface area (Å²) in [5, 5.41) is 4.64. The Kier molecular flexibility index (Phi) is 6.13. The monoisotopic (exact) mass is 477 g/mol. The van der Waals surface area contributed by atoms with E-state index in [0.717, 1.165) is 18.2 Å². The molecular formula is C22H25F6N3O2. The summed E-state index contributed by atoms with van der Waals surface area (Å²) in [5.74, 6) is -2.18. The average Bonchev–Trinajstić information content (AvgIpc) is 3.47. The number of hydrogen-bond donors (Lipinski definition) is 2. The number of nitrogens with one attached hydrogen (secondary N) is 2. The zero-order valence-corrected chi connectivity index (χ0v) is 17.8. The molecule has 2 saturated carbocycles. The van der Waals surface area contributed by atoms with Crippen LogP contribution in [-0.4, -0.2) is 48.1 Å². The van der Waals surface area contributed by atoms with Crippen molar-refractivity contribution in [1.29, 1.82) is 0 Å². The summed E-state index contributed by atoms with van der Waals surface area (Å²) >= 11 is 0. The van der Waals surface area contributed by atoms with Gasteiger partial charge in [0.05, 0.1) is 6.54 Å². The van der Waals surface area contributed by atoms with Crippen molar-refractivity contribution in [3.63, 3.8) is 0 Å². The van der Waals surface area contributed by atoms with Gasteiger partial charge in [0.25, 0.3) is 6.43 Å². The van der Waals surface area contributed by atoms with E-state index in [1.807, 2.05) is 0 Å². The van der Waals surface area contributed by atoms with Crippen LogP contribution in [-0.2, 0) is 9.59 Å². The number of carbonyl (C=O) groups is 2. The second kappa shape index (κ2) is 8.48. The number of nitrogens with zero attached hydrogens (tertiary/aromatic N) is 1. The van der Waals surface area contributed by atoms with Crippen molar-refractivity contribution < 1.29 is 35.9 Å². The third kappa shape index (κ3) is 5.12. The minimum Gasteiger partial charge on any atom is -0.341 e. The van der Waals surface area contributed by atoms with E-state index < -0.39 is 35.4 Å². The lowest BCUT2D eigenvalue weighted by Crippen LogP contribution is -2.61. The molecule has 1 spiro atoms. The van der Waals surface area contributed by atoms with Gasteiger partial charge in [-0.1, -0.05) is 0 Å². The topological polar surface area (TPSA) is 61.4 Å². The molecule has 3 fully saturated rings. The summed E-state index contributed by atoms with van der Waals surface area (Å²) in [6, 6.07) is 2.77. The number of likely N-dealkylation sites (tertiary alicyclic amines) is 1. The van der Waals surface area contributed by atoms with Crippen molar-refractivity contribution in [3.05, 3.63) is 29.6 Å². The maximum absolute atomic E-state index is 13.5. The molecule has 0 bridgehead atoms. The number of alkyl halides is 5. The van der Waals surface area contributed by atoms with Gasteiger partial charge in [-0.3, -0.25) is 14.5 Å². The first-order valence-corrected chi connectivity index (χ1v) is 10.9. The van der Waals surface area contributed by atoms with E-state index in [4.69, 9.17) is 0 Å². The van der Waals surface area contributed by atoms with Gasteiger partial charge >= 0.3 is 6.18 Å². The Balaban J connectivity index is 1.22. The highest BCUT2D eigenvalue weighted by Gasteiger charge is 2.64. The predicted molar refractivity (Wildman–Crippen MR) is 107 cm³/mol. The summed E-state index contributed by atoms with van der Waals surface area (Å²) in [6.07, 6.45) is -4.94. The third-order valence-electron chi connectivity index (χ3n) is 7.01. The molecule has 0 aromatic heterocycles. The molecule has 5 nitrogen and oxygen atoms in total. The number of anilines is 1. The van der Waals surface area contributed by atoms with Gasteiger partial charge in [-0.2, -0.15) is 13.2 Å². The van der Waals surface area contributed by atoms with Crippen LogP contribution in [0.2, 0.25) is 0 Å². The molecule has 0 radical (unpaired) electrons. The van der Waals surface area contributed by atoms with Crippen molar-refractivity contribution in [2.24, 2.45) is 11.3 Å². The minimum atomic E-state index is -4.44. The molecule has 11 heteroatoms. The maximum Gasteiger partial charge on any atom is 0.411 e. The Morgan fingerprint density at radius 2 is 1.70 bits per heavy atom. The van der Waals surface area contributed by atoms with E-state index in [9.17, 15) is 35.9 Å². The summed E-state index contributed by atoms with van der Waals surface area (Å²) in [6.45, 7) is 1.07. The van der Waals surface area contributed by atoms with Crippen LogP contribution >= 0.6 is 0 Å². The van der Waals surface area contributed by atoms with Crippen LogP contribution < -0.4 is 10.6 Å². The largest absolute Gasteiger partial charge is 0.411 e. The molecule has 1 aliphatic heterocycles. The average molecular weight is 477 g/mol. The fraction of sp³-hybridized carbons (Fsp3) is 0.636. The third-order valence-corrected chi connectivity index (χ3v) is 7.01. The molecule has 3 aliphatic rings. The van der Waals surface area contributed by atoms with Crippen LogP contribution in [0.3, 0.4) is 0 Å². The molecule has 0 atom stereocenters. The first-order chi connectivity index (χ1) is 15.4. The summed E-state index contributed by atoms with van der Waals surface area (Å²) in [7, 11) is 0. The first kappa shape index (κ1) is 23.8. The minimum absolute atomic E-state index is 0.0105. The number of benzene rings is 1. The Morgan fingerprint density at radius 3 is 2.24 bits per heavy atom. The van der Waals surface area contributed by atoms with Gasteiger partial charge in [-0.05, 0) is 62.1 Å². The Hall–Kier alpha value is -2.30. The molecule has 2 amide bonds. The number of carbonyl (C=O) groups excluding carboxylic acids is 2. The van der Waals surface area contributed by atoms with Gasteiger partial charge in [0.15, 0.2) is 0 Å². The smallest absolute Gasteiger partial charge is 0.341 e. The van der Waals surface area contributed by atoms with Gasteiger partial charge in [-0.15, -0.1) is 0 Å². The first-order valence-electron chi connectivity index (χ1n) is 10.9. The molecule has 2 N–H and O–H groups in total. The lowest BCUT2D eigenvalue weighted by molar-refractivity contribution is -0.171. The van der Waals surface area contributed by atoms with Gasteiger partial charge in [0, 0.05) is 30.3 Å². The van der Waals surface area contributed by atoms with Gasteiger partial charge in [0.2, 0.25) is 11.8 Å². The highest BCUT2D eigenvalue weighted by Crippen LogP contribution is 2.49. The predicted octanol–water partition coefficient (Wildman–Crippen LogP) is 4.41. The second-order valence-electron chi connectivity index (χ2n) is 9.61.